The molecular weight excluding hydrogens is 326 g/mol. The van der Waals surface area contributed by atoms with Crippen molar-refractivity contribution in [3.8, 4) is 5.75 Å². The van der Waals surface area contributed by atoms with Crippen LogP contribution < -0.4 is 4.74 Å². The van der Waals surface area contributed by atoms with E-state index in [0.717, 1.165) is 0 Å². The third-order valence-corrected chi connectivity index (χ3v) is 2.27. The molecule has 0 amide bonds. The summed E-state index contributed by atoms with van der Waals surface area (Å²) >= 11 is 5.17. The molecule has 0 spiro atoms. The van der Waals surface area contributed by atoms with E-state index in [4.69, 9.17) is 11.6 Å². The molecule has 0 radical (unpaired) electrons. The molecule has 0 unspecified atom stereocenters. The SMILES string of the molecule is FC(F)c1c(CCl)ncc(C(F)(F)F)c1OC(F)(F)F. The van der Waals surface area contributed by atoms with E-state index in [1.54, 1.807) is 0 Å². The Hall–Kier alpha value is -1.32. The van der Waals surface area contributed by atoms with Crippen molar-refractivity contribution in [1.29, 1.82) is 0 Å². The van der Waals surface area contributed by atoms with Crippen LogP contribution in [0, 0.1) is 0 Å². The number of nitrogens with zero attached hydrogens (tertiary/aromatic N) is 1. The molecular formula is C9H4ClF8NO. The lowest BCUT2D eigenvalue weighted by Gasteiger charge is -2.19. The number of alkyl halides is 9. The zero-order valence-electron chi connectivity index (χ0n) is 9.12. The molecule has 1 heterocycles. The Kier molecular flexibility index (Phi) is 4.67. The van der Waals surface area contributed by atoms with Crippen LogP contribution in [0.1, 0.15) is 23.2 Å². The third kappa shape index (κ3) is 3.84. The molecule has 0 aliphatic rings. The van der Waals surface area contributed by atoms with E-state index in [1.807, 2.05) is 0 Å². The highest BCUT2D eigenvalue weighted by molar-refractivity contribution is 6.17. The summed E-state index contributed by atoms with van der Waals surface area (Å²) in [5.74, 6) is -2.84. The Balaban J connectivity index is 3.59. The Morgan fingerprint density at radius 1 is 1.15 bits per heavy atom. The van der Waals surface area contributed by atoms with Gasteiger partial charge in [-0.3, -0.25) is 4.98 Å². The first-order valence-electron chi connectivity index (χ1n) is 4.66. The van der Waals surface area contributed by atoms with Gasteiger partial charge in [-0.2, -0.15) is 13.2 Å². The van der Waals surface area contributed by atoms with Gasteiger partial charge in [-0.15, -0.1) is 24.8 Å². The highest BCUT2D eigenvalue weighted by atomic mass is 35.5. The second-order valence-electron chi connectivity index (χ2n) is 3.34. The van der Waals surface area contributed by atoms with E-state index in [2.05, 4.69) is 9.72 Å². The molecule has 0 aliphatic carbocycles. The highest BCUT2D eigenvalue weighted by Crippen LogP contribution is 2.44. The maximum atomic E-state index is 12.7. The van der Waals surface area contributed by atoms with Crippen LogP contribution in [0.3, 0.4) is 0 Å². The molecule has 0 aliphatic heterocycles. The molecule has 0 atom stereocenters. The van der Waals surface area contributed by atoms with Crippen molar-refractivity contribution in [1.82, 2.24) is 4.98 Å². The van der Waals surface area contributed by atoms with Crippen LogP contribution in [0.2, 0.25) is 0 Å². The summed E-state index contributed by atoms with van der Waals surface area (Å²) in [6, 6.07) is 0. The van der Waals surface area contributed by atoms with Crippen LogP contribution in [-0.2, 0) is 12.1 Å². The number of aromatic nitrogens is 1. The summed E-state index contributed by atoms with van der Waals surface area (Å²) in [6.07, 6.45) is -14.6. The van der Waals surface area contributed by atoms with Gasteiger partial charge in [0.15, 0.2) is 5.75 Å². The smallest absolute Gasteiger partial charge is 0.404 e. The summed E-state index contributed by atoms with van der Waals surface area (Å²) in [5, 5.41) is 0. The molecule has 0 saturated heterocycles. The molecule has 0 bridgehead atoms. The second-order valence-corrected chi connectivity index (χ2v) is 3.61. The van der Waals surface area contributed by atoms with Crippen molar-refractivity contribution in [3.05, 3.63) is 23.0 Å². The largest absolute Gasteiger partial charge is 0.573 e. The van der Waals surface area contributed by atoms with Gasteiger partial charge in [-0.05, 0) is 0 Å². The van der Waals surface area contributed by atoms with E-state index < -0.39 is 47.4 Å². The fraction of sp³-hybridized carbons (Fsp3) is 0.444. The van der Waals surface area contributed by atoms with Crippen molar-refractivity contribution in [2.45, 2.75) is 24.8 Å². The van der Waals surface area contributed by atoms with Gasteiger partial charge in [0.05, 0.1) is 17.1 Å². The summed E-state index contributed by atoms with van der Waals surface area (Å²) in [4.78, 5) is 3.00. The van der Waals surface area contributed by atoms with Crippen molar-refractivity contribution in [2.24, 2.45) is 0 Å². The summed E-state index contributed by atoms with van der Waals surface area (Å²) in [5.41, 5.74) is -4.51. The lowest BCUT2D eigenvalue weighted by molar-refractivity contribution is -0.276. The van der Waals surface area contributed by atoms with Crippen LogP contribution in [0.15, 0.2) is 6.20 Å². The van der Waals surface area contributed by atoms with Crippen LogP contribution >= 0.6 is 11.6 Å². The van der Waals surface area contributed by atoms with Gasteiger partial charge in [-0.1, -0.05) is 0 Å². The molecule has 114 valence electrons. The van der Waals surface area contributed by atoms with Gasteiger partial charge in [0, 0.05) is 6.20 Å². The first kappa shape index (κ1) is 16.7. The quantitative estimate of drug-likeness (QED) is 0.593. The molecule has 11 heteroatoms. The number of rotatable bonds is 3. The van der Waals surface area contributed by atoms with Crippen molar-refractivity contribution in [3.63, 3.8) is 0 Å². The van der Waals surface area contributed by atoms with Crippen LogP contribution in [0.25, 0.3) is 0 Å². The normalized spacial score (nSPS) is 12.9. The van der Waals surface area contributed by atoms with Gasteiger partial charge in [0.2, 0.25) is 0 Å². The molecule has 0 fully saturated rings. The molecule has 2 nitrogen and oxygen atoms in total. The van der Waals surface area contributed by atoms with Crippen LogP contribution in [-0.4, -0.2) is 11.3 Å². The summed E-state index contributed by atoms with van der Waals surface area (Å²) < 4.78 is 102. The maximum Gasteiger partial charge on any atom is 0.573 e. The van der Waals surface area contributed by atoms with E-state index in [0.29, 0.717) is 0 Å². The fourth-order valence-electron chi connectivity index (χ4n) is 1.31. The number of hydrogen-bond acceptors (Lipinski definition) is 2. The first-order chi connectivity index (χ1) is 8.97. The van der Waals surface area contributed by atoms with Crippen molar-refractivity contribution in [2.75, 3.05) is 0 Å². The Morgan fingerprint density at radius 2 is 1.70 bits per heavy atom. The number of ether oxygens (including phenoxy) is 1. The second kappa shape index (κ2) is 5.58. The molecule has 0 aromatic carbocycles. The van der Waals surface area contributed by atoms with Gasteiger partial charge >= 0.3 is 12.5 Å². The first-order valence-corrected chi connectivity index (χ1v) is 5.19. The summed E-state index contributed by atoms with van der Waals surface area (Å²) in [6.45, 7) is 0. The number of hydrogen-bond donors (Lipinski definition) is 0. The molecule has 1 aromatic heterocycles. The zero-order chi connectivity index (χ0) is 15.7. The number of halogens is 9. The van der Waals surface area contributed by atoms with Crippen LogP contribution in [0.4, 0.5) is 35.1 Å². The molecule has 1 rings (SSSR count). The Morgan fingerprint density at radius 3 is 2.05 bits per heavy atom. The monoisotopic (exact) mass is 329 g/mol. The minimum Gasteiger partial charge on any atom is -0.404 e. The Labute approximate surface area is 111 Å². The lowest BCUT2D eigenvalue weighted by atomic mass is 10.1. The predicted octanol–water partition coefficient (Wildman–Crippen LogP) is 4.68. The topological polar surface area (TPSA) is 22.1 Å². The fourth-order valence-corrected chi connectivity index (χ4v) is 1.52. The van der Waals surface area contributed by atoms with Crippen molar-refractivity contribution >= 4 is 11.6 Å². The predicted molar refractivity (Wildman–Crippen MR) is 50.4 cm³/mol. The average Bonchev–Trinajstić information content (AvgIpc) is 2.23. The summed E-state index contributed by atoms with van der Waals surface area (Å²) in [7, 11) is 0. The number of pyridine rings is 1. The van der Waals surface area contributed by atoms with Gasteiger partial charge in [-0.25, -0.2) is 8.78 Å². The van der Waals surface area contributed by atoms with E-state index in [1.165, 1.54) is 0 Å². The minimum absolute atomic E-state index is 0.0370. The average molecular weight is 330 g/mol. The standard InChI is InChI=1S/C9H4ClF8NO/c10-1-4-5(7(11)12)6(20-9(16,17)18)3(2-19-4)8(13,14)15/h2,7H,1H2. The van der Waals surface area contributed by atoms with E-state index in [9.17, 15) is 35.1 Å². The molecule has 0 N–H and O–H groups in total. The van der Waals surface area contributed by atoms with Crippen molar-refractivity contribution < 1.29 is 39.9 Å². The van der Waals surface area contributed by atoms with E-state index >= 15 is 0 Å². The van der Waals surface area contributed by atoms with E-state index in [-0.39, 0.29) is 6.20 Å². The third-order valence-electron chi connectivity index (χ3n) is 2.02. The van der Waals surface area contributed by atoms with Gasteiger partial charge < -0.3 is 4.74 Å². The lowest BCUT2D eigenvalue weighted by Crippen LogP contribution is -2.22. The molecule has 20 heavy (non-hydrogen) atoms. The molecule has 0 saturated carbocycles. The van der Waals surface area contributed by atoms with Gasteiger partial charge in [0.1, 0.15) is 5.56 Å². The minimum atomic E-state index is -5.57. The maximum absolute atomic E-state index is 12.7. The Bertz CT molecular complexity index is 484. The van der Waals surface area contributed by atoms with Crippen LogP contribution in [0.5, 0.6) is 5.75 Å². The van der Waals surface area contributed by atoms with Gasteiger partial charge in [0.25, 0.3) is 6.43 Å². The zero-order valence-corrected chi connectivity index (χ0v) is 9.87. The highest BCUT2D eigenvalue weighted by Gasteiger charge is 2.43. The molecule has 1 aromatic rings.